The van der Waals surface area contributed by atoms with E-state index in [0.29, 0.717) is 18.8 Å². The molecule has 1 heterocycles. The Balaban J connectivity index is 2.46. The van der Waals surface area contributed by atoms with Crippen molar-refractivity contribution < 1.29 is 9.21 Å². The van der Waals surface area contributed by atoms with E-state index in [0.717, 1.165) is 5.09 Å². The molecule has 1 aromatic heterocycles. The number of amides is 1. The Labute approximate surface area is 93.6 Å². The Kier molecular flexibility index (Phi) is 4.71. The third-order valence-corrected chi connectivity index (χ3v) is 2.64. The van der Waals surface area contributed by atoms with Gasteiger partial charge in [0.1, 0.15) is 0 Å². The van der Waals surface area contributed by atoms with Crippen molar-refractivity contribution in [1.29, 1.82) is 0 Å². The van der Waals surface area contributed by atoms with Crippen molar-refractivity contribution in [1.82, 2.24) is 5.32 Å². The maximum absolute atomic E-state index is 11.5. The molecule has 0 radical (unpaired) electrons. The van der Waals surface area contributed by atoms with E-state index >= 15 is 0 Å². The number of carbonyl (C=O) groups is 1. The number of nitrogens with one attached hydrogen (secondary N) is 1. The first kappa shape index (κ1) is 12.1. The molecule has 84 valence electrons. The van der Waals surface area contributed by atoms with Crippen molar-refractivity contribution in [3.8, 4) is 0 Å². The third-order valence-electron chi connectivity index (χ3n) is 2.02. The zero-order chi connectivity index (χ0) is 11.3. The van der Waals surface area contributed by atoms with Gasteiger partial charge in [0, 0.05) is 6.54 Å². The van der Waals surface area contributed by atoms with Crippen LogP contribution in [-0.2, 0) is 0 Å². The van der Waals surface area contributed by atoms with E-state index in [4.69, 9.17) is 10.2 Å². The smallest absolute Gasteiger partial charge is 0.287 e. The Morgan fingerprint density at radius 3 is 2.93 bits per heavy atom. The minimum atomic E-state index is -0.185. The topological polar surface area (TPSA) is 68.3 Å². The number of thioether (sulfide) groups is 1. The SMILES string of the molecule is CSc1ccc(C(=O)NCC(C)CN)o1. The van der Waals surface area contributed by atoms with Gasteiger partial charge in [-0.2, -0.15) is 0 Å². The second-order valence-corrected chi connectivity index (χ2v) is 4.18. The molecule has 1 aromatic rings. The van der Waals surface area contributed by atoms with Crippen molar-refractivity contribution in [2.45, 2.75) is 12.0 Å². The fraction of sp³-hybridized carbons (Fsp3) is 0.500. The van der Waals surface area contributed by atoms with E-state index < -0.39 is 0 Å². The van der Waals surface area contributed by atoms with E-state index in [2.05, 4.69) is 5.32 Å². The normalized spacial score (nSPS) is 12.5. The van der Waals surface area contributed by atoms with E-state index in [1.807, 2.05) is 13.2 Å². The monoisotopic (exact) mass is 228 g/mol. The van der Waals surface area contributed by atoms with Gasteiger partial charge in [-0.05, 0) is 30.9 Å². The molecular weight excluding hydrogens is 212 g/mol. The van der Waals surface area contributed by atoms with Crippen molar-refractivity contribution in [2.75, 3.05) is 19.3 Å². The molecule has 0 saturated carbocycles. The second-order valence-electron chi connectivity index (χ2n) is 3.37. The molecule has 0 saturated heterocycles. The molecule has 0 fully saturated rings. The minimum Gasteiger partial charge on any atom is -0.445 e. The second kappa shape index (κ2) is 5.82. The van der Waals surface area contributed by atoms with E-state index in [9.17, 15) is 4.79 Å². The lowest BCUT2D eigenvalue weighted by atomic mass is 10.2. The van der Waals surface area contributed by atoms with Crippen LogP contribution < -0.4 is 11.1 Å². The molecule has 1 amide bonds. The summed E-state index contributed by atoms with van der Waals surface area (Å²) in [6.45, 7) is 3.12. The molecule has 15 heavy (non-hydrogen) atoms. The van der Waals surface area contributed by atoms with Gasteiger partial charge in [0.15, 0.2) is 10.9 Å². The largest absolute Gasteiger partial charge is 0.445 e. The standard InChI is InChI=1S/C10H16N2O2S/c1-7(5-11)6-12-10(13)8-3-4-9(14-8)15-2/h3-4,7H,5-6,11H2,1-2H3,(H,12,13). The van der Waals surface area contributed by atoms with Crippen molar-refractivity contribution in [2.24, 2.45) is 11.7 Å². The number of nitrogens with two attached hydrogens (primary N) is 1. The number of hydrogen-bond donors (Lipinski definition) is 2. The van der Waals surface area contributed by atoms with Crippen LogP contribution in [-0.4, -0.2) is 25.3 Å². The molecule has 1 atom stereocenters. The maximum Gasteiger partial charge on any atom is 0.287 e. The highest BCUT2D eigenvalue weighted by Crippen LogP contribution is 2.17. The Hall–Kier alpha value is -0.940. The van der Waals surface area contributed by atoms with Gasteiger partial charge in [0.2, 0.25) is 0 Å². The first-order valence-corrected chi connectivity index (χ1v) is 6.02. The van der Waals surface area contributed by atoms with Gasteiger partial charge >= 0.3 is 0 Å². The van der Waals surface area contributed by atoms with E-state index in [1.165, 1.54) is 11.8 Å². The average molecular weight is 228 g/mol. The lowest BCUT2D eigenvalue weighted by Gasteiger charge is -2.08. The summed E-state index contributed by atoms with van der Waals surface area (Å²) in [5.74, 6) is 0.447. The average Bonchev–Trinajstić information content (AvgIpc) is 2.73. The van der Waals surface area contributed by atoms with Crippen molar-refractivity contribution in [3.05, 3.63) is 17.9 Å². The van der Waals surface area contributed by atoms with Crippen LogP contribution in [0, 0.1) is 5.92 Å². The summed E-state index contributed by atoms with van der Waals surface area (Å²) in [6, 6.07) is 3.46. The zero-order valence-electron chi connectivity index (χ0n) is 8.95. The van der Waals surface area contributed by atoms with Gasteiger partial charge in [0.05, 0.1) is 0 Å². The van der Waals surface area contributed by atoms with Gasteiger partial charge < -0.3 is 15.5 Å². The molecule has 0 aliphatic carbocycles. The molecule has 5 heteroatoms. The fourth-order valence-electron chi connectivity index (χ4n) is 0.989. The van der Waals surface area contributed by atoms with Crippen LogP contribution in [0.4, 0.5) is 0 Å². The summed E-state index contributed by atoms with van der Waals surface area (Å²) in [5.41, 5.74) is 5.44. The number of carbonyl (C=O) groups excluding carboxylic acids is 1. The van der Waals surface area contributed by atoms with E-state index in [-0.39, 0.29) is 11.8 Å². The third kappa shape index (κ3) is 3.60. The molecule has 3 N–H and O–H groups in total. The van der Waals surface area contributed by atoms with Crippen LogP contribution in [0.15, 0.2) is 21.6 Å². The van der Waals surface area contributed by atoms with Gasteiger partial charge in [-0.3, -0.25) is 4.79 Å². The highest BCUT2D eigenvalue weighted by molar-refractivity contribution is 7.98. The summed E-state index contributed by atoms with van der Waals surface area (Å²) in [5, 5.41) is 3.51. The van der Waals surface area contributed by atoms with Gasteiger partial charge in [-0.1, -0.05) is 18.7 Å². The number of hydrogen-bond acceptors (Lipinski definition) is 4. The Bertz CT molecular complexity index is 325. The summed E-state index contributed by atoms with van der Waals surface area (Å²) in [4.78, 5) is 11.5. The molecule has 1 rings (SSSR count). The van der Waals surface area contributed by atoms with Crippen LogP contribution in [0.1, 0.15) is 17.5 Å². The summed E-state index contributed by atoms with van der Waals surface area (Å²) in [6.07, 6.45) is 1.90. The van der Waals surface area contributed by atoms with Gasteiger partial charge in [-0.15, -0.1) is 0 Å². The fourth-order valence-corrected chi connectivity index (χ4v) is 1.37. The predicted octanol–water partition coefficient (Wildman–Crippen LogP) is 1.33. The molecule has 1 unspecified atom stereocenters. The molecule has 0 aromatic carbocycles. The van der Waals surface area contributed by atoms with Gasteiger partial charge in [0.25, 0.3) is 5.91 Å². The van der Waals surface area contributed by atoms with Crippen LogP contribution in [0.25, 0.3) is 0 Å². The molecule has 0 aliphatic heterocycles. The molecular formula is C10H16N2O2S. The van der Waals surface area contributed by atoms with Gasteiger partial charge in [-0.25, -0.2) is 0 Å². The first-order chi connectivity index (χ1) is 7.17. The number of rotatable bonds is 5. The summed E-state index contributed by atoms with van der Waals surface area (Å²) in [7, 11) is 0. The summed E-state index contributed by atoms with van der Waals surface area (Å²) < 4.78 is 5.28. The van der Waals surface area contributed by atoms with Crippen LogP contribution in [0.3, 0.4) is 0 Å². The highest BCUT2D eigenvalue weighted by atomic mass is 32.2. The van der Waals surface area contributed by atoms with Crippen molar-refractivity contribution >= 4 is 17.7 Å². The minimum absolute atomic E-state index is 0.185. The van der Waals surface area contributed by atoms with Crippen LogP contribution in [0.2, 0.25) is 0 Å². The first-order valence-electron chi connectivity index (χ1n) is 4.79. The Morgan fingerprint density at radius 1 is 1.67 bits per heavy atom. The Morgan fingerprint density at radius 2 is 2.40 bits per heavy atom. The number of furan rings is 1. The van der Waals surface area contributed by atoms with E-state index in [1.54, 1.807) is 12.1 Å². The lowest BCUT2D eigenvalue weighted by Crippen LogP contribution is -2.30. The molecule has 0 aliphatic rings. The maximum atomic E-state index is 11.5. The van der Waals surface area contributed by atoms with Crippen LogP contribution >= 0.6 is 11.8 Å². The van der Waals surface area contributed by atoms with Crippen molar-refractivity contribution in [3.63, 3.8) is 0 Å². The highest BCUT2D eigenvalue weighted by Gasteiger charge is 2.11. The molecule has 4 nitrogen and oxygen atoms in total. The molecule has 0 spiro atoms. The zero-order valence-corrected chi connectivity index (χ0v) is 9.76. The predicted molar refractivity (Wildman–Crippen MR) is 61.0 cm³/mol. The van der Waals surface area contributed by atoms with Crippen LogP contribution in [0.5, 0.6) is 0 Å². The summed E-state index contributed by atoms with van der Waals surface area (Å²) >= 11 is 1.47. The lowest BCUT2D eigenvalue weighted by molar-refractivity contribution is 0.0916. The molecule has 0 bridgehead atoms. The quantitative estimate of drug-likeness (QED) is 0.746.